The summed E-state index contributed by atoms with van der Waals surface area (Å²) in [6.45, 7) is 9.40. The number of hydrogen-bond acceptors (Lipinski definition) is 3. The van der Waals surface area contributed by atoms with Crippen LogP contribution in [0.5, 0.6) is 0 Å². The Hall–Kier alpha value is -1.85. The quantitative estimate of drug-likeness (QED) is 0.825. The monoisotopic (exact) mass is 346 g/mol. The molecule has 2 saturated heterocycles. The van der Waals surface area contributed by atoms with Crippen LogP contribution >= 0.6 is 0 Å². The van der Waals surface area contributed by atoms with Crippen LogP contribution in [0.4, 0.5) is 0 Å². The maximum atomic E-state index is 12.9. The van der Waals surface area contributed by atoms with Crippen LogP contribution in [0, 0.1) is 5.92 Å². The Morgan fingerprint density at radius 2 is 1.64 bits per heavy atom. The van der Waals surface area contributed by atoms with E-state index in [2.05, 4.69) is 25.9 Å². The molecule has 138 valence electrons. The highest BCUT2D eigenvalue weighted by atomic mass is 16.2. The molecule has 0 radical (unpaired) electrons. The first-order valence-corrected chi connectivity index (χ1v) is 9.40. The van der Waals surface area contributed by atoms with Crippen LogP contribution < -0.4 is 0 Å². The lowest BCUT2D eigenvalue weighted by Gasteiger charge is -2.33. The SMILES string of the molecule is Cn1nc(C(C)(C)C)cc1C(=O)N1CCC(C(=O)N2CCCC2)CC1. The summed E-state index contributed by atoms with van der Waals surface area (Å²) >= 11 is 0. The van der Waals surface area contributed by atoms with Crippen molar-refractivity contribution in [3.63, 3.8) is 0 Å². The molecule has 3 rings (SSSR count). The molecule has 6 heteroatoms. The van der Waals surface area contributed by atoms with E-state index in [-0.39, 0.29) is 17.2 Å². The van der Waals surface area contributed by atoms with Gasteiger partial charge >= 0.3 is 0 Å². The van der Waals surface area contributed by atoms with E-state index in [9.17, 15) is 9.59 Å². The highest BCUT2D eigenvalue weighted by molar-refractivity contribution is 5.93. The average Bonchev–Trinajstić information content (AvgIpc) is 3.23. The van der Waals surface area contributed by atoms with Gasteiger partial charge in [0.15, 0.2) is 0 Å². The first-order valence-electron chi connectivity index (χ1n) is 9.40. The van der Waals surface area contributed by atoms with E-state index in [1.165, 1.54) is 0 Å². The van der Waals surface area contributed by atoms with Crippen molar-refractivity contribution in [3.05, 3.63) is 17.5 Å². The Morgan fingerprint density at radius 1 is 1.04 bits per heavy atom. The lowest BCUT2D eigenvalue weighted by Crippen LogP contribution is -2.44. The Morgan fingerprint density at radius 3 is 2.16 bits per heavy atom. The summed E-state index contributed by atoms with van der Waals surface area (Å²) in [6, 6.07) is 1.91. The smallest absolute Gasteiger partial charge is 0.272 e. The number of likely N-dealkylation sites (tertiary alicyclic amines) is 2. The molecule has 0 N–H and O–H groups in total. The first-order chi connectivity index (χ1) is 11.8. The lowest BCUT2D eigenvalue weighted by molar-refractivity contribution is -0.135. The van der Waals surface area contributed by atoms with Crippen LogP contribution in [0.3, 0.4) is 0 Å². The predicted octanol–water partition coefficient (Wildman–Crippen LogP) is 2.19. The molecule has 2 aliphatic rings. The van der Waals surface area contributed by atoms with Crippen LogP contribution in [0.25, 0.3) is 0 Å². The summed E-state index contributed by atoms with van der Waals surface area (Å²) in [7, 11) is 1.83. The third kappa shape index (κ3) is 3.72. The number of carbonyl (C=O) groups excluding carboxylic acids is 2. The zero-order valence-electron chi connectivity index (χ0n) is 15.9. The predicted molar refractivity (Wildman–Crippen MR) is 96.3 cm³/mol. The van der Waals surface area contributed by atoms with Gasteiger partial charge in [-0.15, -0.1) is 0 Å². The Balaban J connectivity index is 1.62. The lowest BCUT2D eigenvalue weighted by atomic mass is 9.92. The summed E-state index contributed by atoms with van der Waals surface area (Å²) in [5.74, 6) is 0.400. The van der Waals surface area contributed by atoms with Crippen LogP contribution in [-0.2, 0) is 17.3 Å². The first kappa shape index (κ1) is 18.0. The van der Waals surface area contributed by atoms with E-state index < -0.39 is 0 Å². The number of aryl methyl sites for hydroxylation is 1. The van der Waals surface area contributed by atoms with Crippen LogP contribution in [0.1, 0.15) is 62.6 Å². The number of amides is 2. The van der Waals surface area contributed by atoms with E-state index in [1.807, 2.05) is 22.9 Å². The summed E-state index contributed by atoms with van der Waals surface area (Å²) in [4.78, 5) is 29.3. The third-order valence-electron chi connectivity index (χ3n) is 5.42. The van der Waals surface area contributed by atoms with E-state index in [0.29, 0.717) is 24.7 Å². The van der Waals surface area contributed by atoms with Gasteiger partial charge in [-0.3, -0.25) is 14.3 Å². The number of aromatic nitrogens is 2. The van der Waals surface area contributed by atoms with Gasteiger partial charge in [0.05, 0.1) is 5.69 Å². The van der Waals surface area contributed by atoms with Gasteiger partial charge < -0.3 is 9.80 Å². The molecule has 1 aromatic rings. The van der Waals surface area contributed by atoms with Crippen LogP contribution in [0.2, 0.25) is 0 Å². The minimum Gasteiger partial charge on any atom is -0.342 e. The average molecular weight is 346 g/mol. The number of carbonyl (C=O) groups is 2. The van der Waals surface area contributed by atoms with Gasteiger partial charge in [-0.1, -0.05) is 20.8 Å². The summed E-state index contributed by atoms with van der Waals surface area (Å²) in [5.41, 5.74) is 1.48. The normalized spacial score (nSPS) is 19.5. The van der Waals surface area contributed by atoms with Crippen LogP contribution in [0.15, 0.2) is 6.07 Å². The third-order valence-corrected chi connectivity index (χ3v) is 5.42. The van der Waals surface area contributed by atoms with Crippen molar-refractivity contribution in [2.75, 3.05) is 26.2 Å². The molecule has 25 heavy (non-hydrogen) atoms. The molecule has 3 heterocycles. The molecule has 0 bridgehead atoms. The molecular formula is C19H30N4O2. The van der Waals surface area contributed by atoms with E-state index in [0.717, 1.165) is 44.5 Å². The second-order valence-electron chi connectivity index (χ2n) is 8.39. The minimum atomic E-state index is -0.0779. The molecule has 0 aromatic carbocycles. The molecule has 0 atom stereocenters. The number of nitrogens with zero attached hydrogens (tertiary/aromatic N) is 4. The molecule has 1 aromatic heterocycles. The van der Waals surface area contributed by atoms with E-state index >= 15 is 0 Å². The summed E-state index contributed by atoms with van der Waals surface area (Å²) in [5, 5.41) is 4.50. The molecule has 2 fully saturated rings. The van der Waals surface area contributed by atoms with Crippen LogP contribution in [-0.4, -0.2) is 57.6 Å². The fourth-order valence-corrected chi connectivity index (χ4v) is 3.72. The van der Waals surface area contributed by atoms with Crippen molar-refractivity contribution >= 4 is 11.8 Å². The Kier molecular flexibility index (Phi) is 4.89. The minimum absolute atomic E-state index is 0.0255. The molecule has 0 spiro atoms. The topological polar surface area (TPSA) is 58.4 Å². The maximum absolute atomic E-state index is 12.9. The van der Waals surface area contributed by atoms with Gasteiger partial charge in [-0.05, 0) is 31.7 Å². The van der Waals surface area contributed by atoms with Crippen molar-refractivity contribution in [2.45, 2.75) is 51.9 Å². The Bertz CT molecular complexity index is 645. The molecule has 2 aliphatic heterocycles. The number of piperidine rings is 1. The van der Waals surface area contributed by atoms with Gasteiger partial charge in [-0.2, -0.15) is 5.10 Å². The molecular weight excluding hydrogens is 316 g/mol. The zero-order valence-corrected chi connectivity index (χ0v) is 15.9. The maximum Gasteiger partial charge on any atom is 0.272 e. The molecule has 2 amide bonds. The number of hydrogen-bond donors (Lipinski definition) is 0. The molecule has 6 nitrogen and oxygen atoms in total. The summed E-state index contributed by atoms with van der Waals surface area (Å²) < 4.78 is 1.68. The van der Waals surface area contributed by atoms with Crippen molar-refractivity contribution in [1.29, 1.82) is 0 Å². The summed E-state index contributed by atoms with van der Waals surface area (Å²) in [6.07, 6.45) is 3.79. The van der Waals surface area contributed by atoms with Crippen molar-refractivity contribution in [1.82, 2.24) is 19.6 Å². The van der Waals surface area contributed by atoms with Crippen molar-refractivity contribution in [3.8, 4) is 0 Å². The van der Waals surface area contributed by atoms with Gasteiger partial charge in [-0.25, -0.2) is 0 Å². The zero-order chi connectivity index (χ0) is 18.2. The van der Waals surface area contributed by atoms with Gasteiger partial charge in [0.25, 0.3) is 5.91 Å². The van der Waals surface area contributed by atoms with E-state index in [1.54, 1.807) is 4.68 Å². The second-order valence-corrected chi connectivity index (χ2v) is 8.39. The largest absolute Gasteiger partial charge is 0.342 e. The van der Waals surface area contributed by atoms with E-state index in [4.69, 9.17) is 0 Å². The second kappa shape index (κ2) is 6.81. The van der Waals surface area contributed by atoms with Crippen molar-refractivity contribution in [2.24, 2.45) is 13.0 Å². The Labute approximate surface area is 150 Å². The highest BCUT2D eigenvalue weighted by Gasteiger charge is 2.32. The van der Waals surface area contributed by atoms with Gasteiger partial charge in [0.2, 0.25) is 5.91 Å². The van der Waals surface area contributed by atoms with Gasteiger partial charge in [0, 0.05) is 44.6 Å². The fraction of sp³-hybridized carbons (Fsp3) is 0.737. The molecule has 0 aliphatic carbocycles. The fourth-order valence-electron chi connectivity index (χ4n) is 3.72. The van der Waals surface area contributed by atoms with Crippen molar-refractivity contribution < 1.29 is 9.59 Å². The molecule has 0 saturated carbocycles. The standard InChI is InChI=1S/C19H30N4O2/c1-19(2,3)16-13-15(21(4)20-16)18(25)23-11-7-14(8-12-23)17(24)22-9-5-6-10-22/h13-14H,5-12H2,1-4H3. The highest BCUT2D eigenvalue weighted by Crippen LogP contribution is 2.25. The van der Waals surface area contributed by atoms with Gasteiger partial charge in [0.1, 0.15) is 5.69 Å². The number of rotatable bonds is 2. The molecule has 0 unspecified atom stereocenters.